The number of hydrogen-bond donors (Lipinski definition) is 1. The van der Waals surface area contributed by atoms with E-state index in [1.54, 1.807) is 43.6 Å². The molecular weight excluding hydrogens is 402 g/mol. The molecule has 0 saturated heterocycles. The van der Waals surface area contributed by atoms with Crippen molar-refractivity contribution in [3.63, 3.8) is 0 Å². The van der Waals surface area contributed by atoms with Gasteiger partial charge in [-0.15, -0.1) is 11.8 Å². The van der Waals surface area contributed by atoms with Gasteiger partial charge >= 0.3 is 5.97 Å². The lowest BCUT2D eigenvalue weighted by Gasteiger charge is -2.15. The molecule has 0 fully saturated rings. The van der Waals surface area contributed by atoms with Crippen molar-refractivity contribution >= 4 is 39.3 Å². The van der Waals surface area contributed by atoms with Crippen LogP contribution in [0.4, 0.5) is 5.69 Å². The lowest BCUT2D eigenvalue weighted by Crippen LogP contribution is -2.24. The molecule has 10 heteroatoms. The number of thioether (sulfide) groups is 1. The van der Waals surface area contributed by atoms with Gasteiger partial charge in [-0.2, -0.15) is 0 Å². The maximum absolute atomic E-state index is 12.4. The second-order valence-corrected chi connectivity index (χ2v) is 8.87. The molecule has 1 heterocycles. The molecular formula is C18H21N3O5S2. The number of aromatic nitrogens is 1. The molecule has 0 spiro atoms. The number of benzene rings is 1. The zero-order valence-corrected chi connectivity index (χ0v) is 17.6. The fraction of sp³-hybridized carbons (Fsp3) is 0.278. The van der Waals surface area contributed by atoms with Gasteiger partial charge in [-0.25, -0.2) is 22.5 Å². The van der Waals surface area contributed by atoms with Crippen LogP contribution in [0, 0.1) is 6.92 Å². The molecule has 1 aromatic carbocycles. The SMILES string of the molecule is CSc1ncccc1C(=O)OCC(=O)Nc1ccc(C)c(S(=O)(=O)N(C)C)c1. The maximum Gasteiger partial charge on any atom is 0.341 e. The summed E-state index contributed by atoms with van der Waals surface area (Å²) < 4.78 is 30.8. The summed E-state index contributed by atoms with van der Waals surface area (Å²) in [4.78, 5) is 28.4. The summed E-state index contributed by atoms with van der Waals surface area (Å²) in [6, 6.07) is 7.72. The van der Waals surface area contributed by atoms with Crippen LogP contribution in [-0.2, 0) is 19.6 Å². The Labute approximate surface area is 168 Å². The Morgan fingerprint density at radius 1 is 1.25 bits per heavy atom. The lowest BCUT2D eigenvalue weighted by molar-refractivity contribution is -0.119. The molecule has 8 nitrogen and oxygen atoms in total. The number of nitrogens with one attached hydrogen (secondary N) is 1. The van der Waals surface area contributed by atoms with Crippen LogP contribution in [0.5, 0.6) is 0 Å². The zero-order valence-electron chi connectivity index (χ0n) is 15.9. The summed E-state index contributed by atoms with van der Waals surface area (Å²) >= 11 is 1.29. The molecule has 28 heavy (non-hydrogen) atoms. The Bertz CT molecular complexity index is 990. The van der Waals surface area contributed by atoms with Gasteiger partial charge < -0.3 is 10.1 Å². The summed E-state index contributed by atoms with van der Waals surface area (Å²) in [5, 5.41) is 3.04. The summed E-state index contributed by atoms with van der Waals surface area (Å²) in [5.41, 5.74) is 1.12. The number of carbonyl (C=O) groups excluding carboxylic acids is 2. The van der Waals surface area contributed by atoms with Gasteiger partial charge in [-0.1, -0.05) is 6.07 Å². The number of rotatable bonds is 7. The molecule has 0 radical (unpaired) electrons. The van der Waals surface area contributed by atoms with Crippen molar-refractivity contribution in [2.45, 2.75) is 16.8 Å². The predicted octanol–water partition coefficient (Wildman–Crippen LogP) is 2.16. The standard InChI is InChI=1S/C18H21N3O5S2/c1-12-7-8-13(10-15(12)28(24,25)21(2)3)20-16(22)11-26-18(23)14-6-5-9-19-17(14)27-4/h5-10H,11H2,1-4H3,(H,20,22). The number of carbonyl (C=O) groups is 2. The maximum atomic E-state index is 12.4. The topological polar surface area (TPSA) is 106 Å². The highest BCUT2D eigenvalue weighted by molar-refractivity contribution is 7.98. The smallest absolute Gasteiger partial charge is 0.341 e. The first-order chi connectivity index (χ1) is 13.2. The lowest BCUT2D eigenvalue weighted by atomic mass is 10.2. The number of esters is 1. The first-order valence-electron chi connectivity index (χ1n) is 8.16. The van der Waals surface area contributed by atoms with Gasteiger partial charge in [0.05, 0.1) is 10.5 Å². The number of ether oxygens (including phenoxy) is 1. The van der Waals surface area contributed by atoms with E-state index in [0.717, 1.165) is 4.31 Å². The summed E-state index contributed by atoms with van der Waals surface area (Å²) in [6.07, 6.45) is 3.34. The Morgan fingerprint density at radius 3 is 2.61 bits per heavy atom. The average molecular weight is 424 g/mol. The number of nitrogens with zero attached hydrogens (tertiary/aromatic N) is 2. The quantitative estimate of drug-likeness (QED) is 0.537. The largest absolute Gasteiger partial charge is 0.452 e. The molecule has 2 rings (SSSR count). The van der Waals surface area contributed by atoms with E-state index in [1.165, 1.54) is 31.9 Å². The molecule has 0 unspecified atom stereocenters. The Balaban J connectivity index is 2.07. The van der Waals surface area contributed by atoms with E-state index >= 15 is 0 Å². The minimum atomic E-state index is -3.65. The van der Waals surface area contributed by atoms with Crippen LogP contribution in [0.2, 0.25) is 0 Å². The van der Waals surface area contributed by atoms with Crippen LogP contribution in [0.1, 0.15) is 15.9 Å². The third kappa shape index (κ3) is 5.09. The van der Waals surface area contributed by atoms with E-state index in [2.05, 4.69) is 10.3 Å². The zero-order chi connectivity index (χ0) is 20.9. The molecule has 1 aromatic heterocycles. The van der Waals surface area contributed by atoms with Gasteiger partial charge in [-0.3, -0.25) is 4.79 Å². The molecule has 0 saturated carbocycles. The van der Waals surface area contributed by atoms with Crippen molar-refractivity contribution in [3.05, 3.63) is 47.7 Å². The van der Waals surface area contributed by atoms with Crippen LogP contribution in [-0.4, -0.2) is 56.5 Å². The third-order valence-electron chi connectivity index (χ3n) is 3.75. The van der Waals surface area contributed by atoms with E-state index in [4.69, 9.17) is 4.74 Å². The molecule has 2 aromatic rings. The molecule has 0 aliphatic rings. The van der Waals surface area contributed by atoms with Gasteiger partial charge in [0.2, 0.25) is 10.0 Å². The first kappa shape index (κ1) is 21.9. The number of anilines is 1. The van der Waals surface area contributed by atoms with E-state index in [9.17, 15) is 18.0 Å². The van der Waals surface area contributed by atoms with Gasteiger partial charge in [0.1, 0.15) is 5.03 Å². The second-order valence-electron chi connectivity index (χ2n) is 5.95. The van der Waals surface area contributed by atoms with Crippen molar-refractivity contribution in [2.75, 3.05) is 32.3 Å². The molecule has 0 bridgehead atoms. The van der Waals surface area contributed by atoms with Gasteiger partial charge in [0.25, 0.3) is 5.91 Å². The van der Waals surface area contributed by atoms with Crippen LogP contribution >= 0.6 is 11.8 Å². The van der Waals surface area contributed by atoms with Gasteiger partial charge in [-0.05, 0) is 43.0 Å². The van der Waals surface area contributed by atoms with Gasteiger partial charge in [0.15, 0.2) is 6.61 Å². The Hall–Kier alpha value is -2.43. The van der Waals surface area contributed by atoms with Crippen LogP contribution in [0.25, 0.3) is 0 Å². The predicted molar refractivity (Wildman–Crippen MR) is 107 cm³/mol. The van der Waals surface area contributed by atoms with Gasteiger partial charge in [0, 0.05) is 26.0 Å². The van der Waals surface area contributed by atoms with E-state index in [-0.39, 0.29) is 10.5 Å². The monoisotopic (exact) mass is 423 g/mol. The molecule has 1 N–H and O–H groups in total. The number of hydrogen-bond acceptors (Lipinski definition) is 7. The van der Waals surface area contributed by atoms with Crippen molar-refractivity contribution in [2.24, 2.45) is 0 Å². The van der Waals surface area contributed by atoms with Crippen molar-refractivity contribution in [1.82, 2.24) is 9.29 Å². The normalized spacial score (nSPS) is 11.3. The van der Waals surface area contributed by atoms with E-state index in [1.807, 2.05) is 0 Å². The summed E-state index contributed by atoms with van der Waals surface area (Å²) in [5.74, 6) is -1.24. The average Bonchev–Trinajstić information content (AvgIpc) is 2.67. The molecule has 150 valence electrons. The summed E-state index contributed by atoms with van der Waals surface area (Å²) in [7, 11) is -0.785. The fourth-order valence-corrected chi connectivity index (χ4v) is 3.95. The van der Waals surface area contributed by atoms with Crippen molar-refractivity contribution < 1.29 is 22.7 Å². The highest BCUT2D eigenvalue weighted by atomic mass is 32.2. The minimum absolute atomic E-state index is 0.0901. The molecule has 0 atom stereocenters. The molecule has 0 aliphatic heterocycles. The van der Waals surface area contributed by atoms with Crippen LogP contribution < -0.4 is 5.32 Å². The number of sulfonamides is 1. The van der Waals surface area contributed by atoms with Crippen molar-refractivity contribution in [1.29, 1.82) is 0 Å². The highest BCUT2D eigenvalue weighted by Crippen LogP contribution is 2.22. The Kier molecular flexibility index (Phi) is 7.17. The summed E-state index contributed by atoms with van der Waals surface area (Å²) in [6.45, 7) is 1.16. The molecule has 0 aliphatic carbocycles. The number of pyridine rings is 1. The Morgan fingerprint density at radius 2 is 1.96 bits per heavy atom. The number of aryl methyl sites for hydroxylation is 1. The second kappa shape index (κ2) is 9.18. The van der Waals surface area contributed by atoms with Crippen molar-refractivity contribution in [3.8, 4) is 0 Å². The van der Waals surface area contributed by atoms with Crippen LogP contribution in [0.3, 0.4) is 0 Å². The number of amides is 1. The van der Waals surface area contributed by atoms with E-state index in [0.29, 0.717) is 16.3 Å². The van der Waals surface area contributed by atoms with E-state index < -0.39 is 28.5 Å². The minimum Gasteiger partial charge on any atom is -0.452 e. The molecule has 1 amide bonds. The van der Waals surface area contributed by atoms with Crippen LogP contribution in [0.15, 0.2) is 46.5 Å². The fourth-order valence-electron chi connectivity index (χ4n) is 2.27. The highest BCUT2D eigenvalue weighted by Gasteiger charge is 2.21. The first-order valence-corrected chi connectivity index (χ1v) is 10.8. The third-order valence-corrected chi connectivity index (χ3v) is 6.42.